The molecule has 1 aromatic carbocycles. The van der Waals surface area contributed by atoms with Crippen LogP contribution in [0.25, 0.3) is 0 Å². The van der Waals surface area contributed by atoms with Gasteiger partial charge in [0.15, 0.2) is 0 Å². The van der Waals surface area contributed by atoms with Gasteiger partial charge in [0.05, 0.1) is 13.0 Å². The van der Waals surface area contributed by atoms with Gasteiger partial charge in [0, 0.05) is 12.3 Å². The van der Waals surface area contributed by atoms with Crippen LogP contribution in [0.3, 0.4) is 0 Å². The molecule has 0 N–H and O–H groups in total. The van der Waals surface area contributed by atoms with Crippen LogP contribution in [0.5, 0.6) is 0 Å². The highest BCUT2D eigenvalue weighted by Gasteiger charge is 2.42. The van der Waals surface area contributed by atoms with Crippen LogP contribution in [-0.2, 0) is 20.7 Å². The number of hydrogen-bond acceptors (Lipinski definition) is 3. The molecule has 0 aliphatic heterocycles. The Morgan fingerprint density at radius 3 is 2.27 bits per heavy atom. The zero-order valence-electron chi connectivity index (χ0n) is 14.2. The van der Waals surface area contributed by atoms with Crippen molar-refractivity contribution >= 4 is 11.8 Å². The number of carbonyl (C=O) groups excluding carboxylic acids is 2. The lowest BCUT2D eigenvalue weighted by molar-refractivity contribution is -0.149. The zero-order chi connectivity index (χ0) is 16.4. The van der Waals surface area contributed by atoms with E-state index in [0.29, 0.717) is 6.42 Å². The van der Waals surface area contributed by atoms with Crippen molar-refractivity contribution in [3.05, 3.63) is 34.4 Å². The normalized spacial score (nSPS) is 24.3. The molecule has 3 unspecified atom stereocenters. The van der Waals surface area contributed by atoms with E-state index in [2.05, 4.69) is 39.8 Å². The number of ether oxygens (including phenoxy) is 1. The first-order chi connectivity index (χ1) is 10.3. The van der Waals surface area contributed by atoms with Crippen LogP contribution in [0, 0.1) is 38.5 Å². The van der Waals surface area contributed by atoms with Gasteiger partial charge in [0.2, 0.25) is 0 Å². The molecule has 22 heavy (non-hydrogen) atoms. The average molecular weight is 302 g/mol. The Morgan fingerprint density at radius 1 is 1.14 bits per heavy atom. The number of esters is 1. The molecule has 1 aliphatic carbocycles. The van der Waals surface area contributed by atoms with E-state index in [0.717, 1.165) is 29.5 Å². The summed E-state index contributed by atoms with van der Waals surface area (Å²) in [5, 5.41) is 0. The molecule has 0 amide bonds. The van der Waals surface area contributed by atoms with E-state index in [1.165, 1.54) is 12.7 Å². The summed E-state index contributed by atoms with van der Waals surface area (Å²) in [5.41, 5.74) is 4.64. The Hall–Kier alpha value is -1.64. The molecule has 1 saturated carbocycles. The van der Waals surface area contributed by atoms with Crippen LogP contribution < -0.4 is 0 Å². The number of rotatable bonds is 4. The van der Waals surface area contributed by atoms with Crippen molar-refractivity contribution in [2.45, 2.75) is 47.0 Å². The molecule has 1 aromatic rings. The highest BCUT2D eigenvalue weighted by molar-refractivity contribution is 5.89. The topological polar surface area (TPSA) is 43.4 Å². The van der Waals surface area contributed by atoms with E-state index >= 15 is 0 Å². The van der Waals surface area contributed by atoms with Gasteiger partial charge in [-0.1, -0.05) is 24.6 Å². The molecule has 0 saturated heterocycles. The van der Waals surface area contributed by atoms with Gasteiger partial charge in [-0.3, -0.25) is 9.59 Å². The second-order valence-electron chi connectivity index (χ2n) is 6.73. The van der Waals surface area contributed by atoms with Gasteiger partial charge in [0.25, 0.3) is 0 Å². The average Bonchev–Trinajstić information content (AvgIpc) is 2.83. The van der Waals surface area contributed by atoms with Gasteiger partial charge >= 0.3 is 5.97 Å². The lowest BCUT2D eigenvalue weighted by Crippen LogP contribution is -2.31. The standard InChI is InChI=1S/C19H26O3/c1-11-8-13(3)16(14(4)9-11)10-17(20)18-12(2)6-7-15(18)19(21)22-5/h8-9,12,15,18H,6-7,10H2,1-5H3. The maximum atomic E-state index is 12.8. The van der Waals surface area contributed by atoms with Crippen molar-refractivity contribution in [2.75, 3.05) is 7.11 Å². The Bertz CT molecular complexity index is 565. The summed E-state index contributed by atoms with van der Waals surface area (Å²) in [6, 6.07) is 4.23. The van der Waals surface area contributed by atoms with Crippen molar-refractivity contribution in [3.63, 3.8) is 0 Å². The third-order valence-corrected chi connectivity index (χ3v) is 5.05. The number of Topliss-reactive ketones (excluding diaryl/α,β-unsaturated/α-hetero) is 1. The van der Waals surface area contributed by atoms with E-state index in [4.69, 9.17) is 4.74 Å². The third-order valence-electron chi connectivity index (χ3n) is 5.05. The third kappa shape index (κ3) is 3.23. The lowest BCUT2D eigenvalue weighted by Gasteiger charge is -2.21. The predicted molar refractivity (Wildman–Crippen MR) is 86.8 cm³/mol. The van der Waals surface area contributed by atoms with Crippen molar-refractivity contribution in [1.29, 1.82) is 0 Å². The highest BCUT2D eigenvalue weighted by Crippen LogP contribution is 2.39. The summed E-state index contributed by atoms with van der Waals surface area (Å²) in [5.74, 6) is -0.274. The van der Waals surface area contributed by atoms with Crippen LogP contribution in [-0.4, -0.2) is 18.9 Å². The molecule has 0 radical (unpaired) electrons. The predicted octanol–water partition coefficient (Wildman–Crippen LogP) is 3.56. The molecule has 0 heterocycles. The Kier molecular flexibility index (Phi) is 5.05. The fourth-order valence-electron chi connectivity index (χ4n) is 3.94. The smallest absolute Gasteiger partial charge is 0.309 e. The van der Waals surface area contributed by atoms with Crippen molar-refractivity contribution in [1.82, 2.24) is 0 Å². The van der Waals surface area contributed by atoms with E-state index < -0.39 is 0 Å². The second-order valence-corrected chi connectivity index (χ2v) is 6.73. The minimum absolute atomic E-state index is 0.176. The maximum absolute atomic E-state index is 12.8. The van der Waals surface area contributed by atoms with Gasteiger partial charge in [0.1, 0.15) is 5.78 Å². The number of aryl methyl sites for hydroxylation is 3. The summed E-state index contributed by atoms with van der Waals surface area (Å²) < 4.78 is 4.89. The highest BCUT2D eigenvalue weighted by atomic mass is 16.5. The van der Waals surface area contributed by atoms with Crippen molar-refractivity contribution < 1.29 is 14.3 Å². The van der Waals surface area contributed by atoms with E-state index in [9.17, 15) is 9.59 Å². The van der Waals surface area contributed by atoms with Crippen LogP contribution in [0.4, 0.5) is 0 Å². The van der Waals surface area contributed by atoms with E-state index in [-0.39, 0.29) is 29.5 Å². The van der Waals surface area contributed by atoms with Gasteiger partial charge in [-0.25, -0.2) is 0 Å². The molecular weight excluding hydrogens is 276 g/mol. The SMILES string of the molecule is COC(=O)C1CCC(C)C1C(=O)Cc1c(C)cc(C)cc1C. The quantitative estimate of drug-likeness (QED) is 0.799. The first kappa shape index (κ1) is 16.7. The molecule has 0 aromatic heterocycles. The van der Waals surface area contributed by atoms with Crippen LogP contribution in [0.2, 0.25) is 0 Å². The minimum Gasteiger partial charge on any atom is -0.469 e. The number of carbonyl (C=O) groups is 2. The summed E-state index contributed by atoms with van der Waals surface area (Å²) in [6.45, 7) is 8.25. The Morgan fingerprint density at radius 2 is 1.73 bits per heavy atom. The monoisotopic (exact) mass is 302 g/mol. The van der Waals surface area contributed by atoms with Gasteiger partial charge < -0.3 is 4.74 Å². The molecule has 3 heteroatoms. The van der Waals surface area contributed by atoms with Crippen LogP contribution in [0.15, 0.2) is 12.1 Å². The second kappa shape index (κ2) is 6.64. The van der Waals surface area contributed by atoms with Crippen molar-refractivity contribution in [3.8, 4) is 0 Å². The Balaban J connectivity index is 2.23. The summed E-state index contributed by atoms with van der Waals surface area (Å²) in [6.07, 6.45) is 2.10. The molecule has 0 bridgehead atoms. The van der Waals surface area contributed by atoms with E-state index in [1.807, 2.05) is 0 Å². The first-order valence-electron chi connectivity index (χ1n) is 8.02. The molecular formula is C19H26O3. The largest absolute Gasteiger partial charge is 0.469 e. The molecule has 3 atom stereocenters. The lowest BCUT2D eigenvalue weighted by atomic mass is 9.82. The number of ketones is 1. The fourth-order valence-corrected chi connectivity index (χ4v) is 3.94. The van der Waals surface area contributed by atoms with Crippen molar-refractivity contribution in [2.24, 2.45) is 17.8 Å². The number of benzene rings is 1. The van der Waals surface area contributed by atoms with Gasteiger partial charge in [-0.05, 0) is 56.2 Å². The summed E-state index contributed by atoms with van der Waals surface area (Å²) >= 11 is 0. The molecule has 0 spiro atoms. The van der Waals surface area contributed by atoms with E-state index in [1.54, 1.807) is 0 Å². The molecule has 1 aliphatic rings. The number of methoxy groups -OCH3 is 1. The first-order valence-corrected chi connectivity index (χ1v) is 8.02. The minimum atomic E-state index is -0.265. The molecule has 1 fully saturated rings. The maximum Gasteiger partial charge on any atom is 0.309 e. The summed E-state index contributed by atoms with van der Waals surface area (Å²) in [7, 11) is 1.40. The Labute approximate surface area is 133 Å². The summed E-state index contributed by atoms with van der Waals surface area (Å²) in [4.78, 5) is 24.8. The van der Waals surface area contributed by atoms with Gasteiger partial charge in [-0.15, -0.1) is 0 Å². The number of hydrogen-bond donors (Lipinski definition) is 0. The molecule has 3 nitrogen and oxygen atoms in total. The zero-order valence-corrected chi connectivity index (χ0v) is 14.2. The molecule has 2 rings (SSSR count). The van der Waals surface area contributed by atoms with Crippen LogP contribution >= 0.6 is 0 Å². The molecule has 120 valence electrons. The fraction of sp³-hybridized carbons (Fsp3) is 0.579. The van der Waals surface area contributed by atoms with Gasteiger partial charge in [-0.2, -0.15) is 0 Å². The van der Waals surface area contributed by atoms with Crippen LogP contribution in [0.1, 0.15) is 42.0 Å².